The zero-order valence-corrected chi connectivity index (χ0v) is 14.9. The first-order valence-electron chi connectivity index (χ1n) is 8.11. The maximum atomic E-state index is 12.4. The molecule has 0 aromatic carbocycles. The van der Waals surface area contributed by atoms with E-state index in [1.165, 1.54) is 6.20 Å². The lowest BCUT2D eigenvalue weighted by Gasteiger charge is -2.06. The smallest absolute Gasteiger partial charge is 0.341 e. The molecule has 0 atom stereocenters. The second-order valence-corrected chi connectivity index (χ2v) is 5.90. The summed E-state index contributed by atoms with van der Waals surface area (Å²) in [6.45, 7) is 6.11. The molecule has 0 saturated carbocycles. The van der Waals surface area contributed by atoms with Crippen LogP contribution in [0.25, 0.3) is 5.82 Å². The van der Waals surface area contributed by atoms with Crippen LogP contribution in [-0.4, -0.2) is 37.1 Å². The first kappa shape index (κ1) is 16.9. The zero-order valence-electron chi connectivity index (χ0n) is 14.9. The average molecular weight is 339 g/mol. The van der Waals surface area contributed by atoms with Crippen molar-refractivity contribution in [3.8, 4) is 5.82 Å². The summed E-state index contributed by atoms with van der Waals surface area (Å²) in [7, 11) is 1.91. The first-order chi connectivity index (χ1) is 12.0. The number of carbonyl (C=O) groups excluding carboxylic acids is 1. The Hall–Kier alpha value is -2.96. The molecule has 25 heavy (non-hydrogen) atoms. The summed E-state index contributed by atoms with van der Waals surface area (Å²) in [6.07, 6.45) is 3.85. The van der Waals surface area contributed by atoms with E-state index in [0.29, 0.717) is 30.1 Å². The summed E-state index contributed by atoms with van der Waals surface area (Å²) in [5, 5.41) is 8.62. The Bertz CT molecular complexity index is 896. The number of carbonyl (C=O) groups is 1. The van der Waals surface area contributed by atoms with Crippen molar-refractivity contribution in [1.29, 1.82) is 0 Å². The Morgan fingerprint density at radius 1 is 1.20 bits per heavy atom. The lowest BCUT2D eigenvalue weighted by molar-refractivity contribution is 0.0508. The van der Waals surface area contributed by atoms with Crippen molar-refractivity contribution in [2.45, 2.75) is 27.2 Å². The highest BCUT2D eigenvalue weighted by Crippen LogP contribution is 2.15. The van der Waals surface area contributed by atoms with Gasteiger partial charge in [-0.05, 0) is 38.5 Å². The highest BCUT2D eigenvalue weighted by molar-refractivity contribution is 5.90. The predicted octanol–water partition coefficient (Wildman–Crippen LogP) is 2.33. The molecule has 0 unspecified atom stereocenters. The van der Waals surface area contributed by atoms with E-state index < -0.39 is 0 Å². The fraction of sp³-hybridized carbons (Fsp3) is 0.333. The lowest BCUT2D eigenvalue weighted by Crippen LogP contribution is -2.10. The van der Waals surface area contributed by atoms with Crippen LogP contribution in [0, 0.1) is 20.8 Å². The van der Waals surface area contributed by atoms with Gasteiger partial charge in [0.1, 0.15) is 5.56 Å². The standard InChI is InChI=1S/C18H21N5O2/c1-12-15(13(2)22(4)21-12)8-10-25-18(24)16-11-20-23(14(16)3)17-7-5-6-9-19-17/h5-7,9,11H,8,10H2,1-4H3. The molecule has 0 spiro atoms. The van der Waals surface area contributed by atoms with Gasteiger partial charge in [-0.15, -0.1) is 0 Å². The van der Waals surface area contributed by atoms with E-state index in [1.807, 2.05) is 50.7 Å². The fourth-order valence-corrected chi connectivity index (χ4v) is 2.82. The van der Waals surface area contributed by atoms with Crippen LogP contribution in [0.15, 0.2) is 30.6 Å². The van der Waals surface area contributed by atoms with E-state index in [1.54, 1.807) is 10.9 Å². The number of hydrogen-bond acceptors (Lipinski definition) is 5. The van der Waals surface area contributed by atoms with Gasteiger partial charge in [-0.3, -0.25) is 4.68 Å². The molecule has 0 amide bonds. The first-order valence-corrected chi connectivity index (χ1v) is 8.11. The van der Waals surface area contributed by atoms with Gasteiger partial charge in [0.2, 0.25) is 0 Å². The van der Waals surface area contributed by atoms with Crippen LogP contribution in [0.3, 0.4) is 0 Å². The molecule has 0 aliphatic rings. The minimum atomic E-state index is -0.376. The Balaban J connectivity index is 1.67. The van der Waals surface area contributed by atoms with Gasteiger partial charge in [-0.25, -0.2) is 14.5 Å². The third-order valence-corrected chi connectivity index (χ3v) is 4.34. The normalized spacial score (nSPS) is 10.9. The number of hydrogen-bond donors (Lipinski definition) is 0. The SMILES string of the molecule is Cc1nn(C)c(C)c1CCOC(=O)c1cnn(-c2ccccn2)c1C. The van der Waals surface area contributed by atoms with E-state index in [9.17, 15) is 4.79 Å². The quantitative estimate of drug-likeness (QED) is 0.667. The lowest BCUT2D eigenvalue weighted by atomic mass is 10.1. The van der Waals surface area contributed by atoms with Crippen LogP contribution in [-0.2, 0) is 18.2 Å². The van der Waals surface area contributed by atoms with Crippen molar-refractivity contribution in [2.75, 3.05) is 6.61 Å². The highest BCUT2D eigenvalue weighted by atomic mass is 16.5. The summed E-state index contributed by atoms with van der Waals surface area (Å²) in [4.78, 5) is 16.6. The van der Waals surface area contributed by atoms with E-state index >= 15 is 0 Å². The molecule has 7 heteroatoms. The molecule has 3 aromatic rings. The Morgan fingerprint density at radius 3 is 2.64 bits per heavy atom. The minimum absolute atomic E-state index is 0.306. The van der Waals surface area contributed by atoms with Crippen LogP contribution < -0.4 is 0 Å². The van der Waals surface area contributed by atoms with Gasteiger partial charge in [0.05, 0.1) is 24.2 Å². The van der Waals surface area contributed by atoms with Crippen molar-refractivity contribution in [2.24, 2.45) is 7.05 Å². The molecule has 0 N–H and O–H groups in total. The number of nitrogens with zero attached hydrogens (tertiary/aromatic N) is 5. The summed E-state index contributed by atoms with van der Waals surface area (Å²) >= 11 is 0. The van der Waals surface area contributed by atoms with Crippen LogP contribution in [0.5, 0.6) is 0 Å². The molecule has 0 radical (unpaired) electrons. The number of esters is 1. The van der Waals surface area contributed by atoms with Crippen molar-refractivity contribution in [3.05, 3.63) is 58.8 Å². The van der Waals surface area contributed by atoms with Crippen LogP contribution in [0.4, 0.5) is 0 Å². The Morgan fingerprint density at radius 2 is 2.00 bits per heavy atom. The molecule has 7 nitrogen and oxygen atoms in total. The van der Waals surface area contributed by atoms with Crippen molar-refractivity contribution in [3.63, 3.8) is 0 Å². The third-order valence-electron chi connectivity index (χ3n) is 4.34. The van der Waals surface area contributed by atoms with E-state index in [0.717, 1.165) is 17.0 Å². The van der Waals surface area contributed by atoms with E-state index in [4.69, 9.17) is 4.74 Å². The fourth-order valence-electron chi connectivity index (χ4n) is 2.82. The van der Waals surface area contributed by atoms with E-state index in [2.05, 4.69) is 15.2 Å². The maximum Gasteiger partial charge on any atom is 0.341 e. The second-order valence-electron chi connectivity index (χ2n) is 5.90. The topological polar surface area (TPSA) is 74.8 Å². The molecule has 0 aliphatic carbocycles. The number of ether oxygens (including phenoxy) is 1. The molecule has 3 rings (SSSR count). The maximum absolute atomic E-state index is 12.4. The van der Waals surface area contributed by atoms with Crippen molar-refractivity contribution in [1.82, 2.24) is 24.5 Å². The van der Waals surface area contributed by atoms with Crippen LogP contribution in [0.2, 0.25) is 0 Å². The summed E-state index contributed by atoms with van der Waals surface area (Å²) in [6, 6.07) is 5.54. The number of pyridine rings is 1. The predicted molar refractivity (Wildman–Crippen MR) is 92.8 cm³/mol. The highest BCUT2D eigenvalue weighted by Gasteiger charge is 2.17. The minimum Gasteiger partial charge on any atom is -0.462 e. The molecule has 0 aliphatic heterocycles. The molecular weight excluding hydrogens is 318 g/mol. The third kappa shape index (κ3) is 3.31. The van der Waals surface area contributed by atoms with Crippen LogP contribution in [0.1, 0.15) is 33.0 Å². The van der Waals surface area contributed by atoms with Gasteiger partial charge in [0, 0.05) is 25.4 Å². The monoisotopic (exact) mass is 339 g/mol. The summed E-state index contributed by atoms with van der Waals surface area (Å²) in [5.74, 6) is 0.291. The summed E-state index contributed by atoms with van der Waals surface area (Å²) in [5.41, 5.74) is 4.34. The molecule has 0 bridgehead atoms. The molecular formula is C18H21N5O2. The van der Waals surface area contributed by atoms with Crippen molar-refractivity contribution >= 4 is 5.97 Å². The molecule has 130 valence electrons. The van der Waals surface area contributed by atoms with Gasteiger partial charge < -0.3 is 4.74 Å². The van der Waals surface area contributed by atoms with Gasteiger partial charge in [0.25, 0.3) is 0 Å². The van der Waals surface area contributed by atoms with Gasteiger partial charge in [-0.2, -0.15) is 10.2 Å². The Labute approximate surface area is 146 Å². The molecule has 3 aromatic heterocycles. The molecule has 0 fully saturated rings. The average Bonchev–Trinajstić information content (AvgIpc) is 3.10. The summed E-state index contributed by atoms with van der Waals surface area (Å²) < 4.78 is 8.90. The van der Waals surface area contributed by atoms with Gasteiger partial charge >= 0.3 is 5.97 Å². The largest absolute Gasteiger partial charge is 0.462 e. The number of aryl methyl sites for hydroxylation is 2. The van der Waals surface area contributed by atoms with E-state index in [-0.39, 0.29) is 5.97 Å². The molecule has 3 heterocycles. The van der Waals surface area contributed by atoms with Gasteiger partial charge in [-0.1, -0.05) is 6.07 Å². The molecule has 0 saturated heterocycles. The number of aromatic nitrogens is 5. The van der Waals surface area contributed by atoms with Gasteiger partial charge in [0.15, 0.2) is 5.82 Å². The zero-order chi connectivity index (χ0) is 18.0. The van der Waals surface area contributed by atoms with Crippen LogP contribution >= 0.6 is 0 Å². The van der Waals surface area contributed by atoms with Crippen molar-refractivity contribution < 1.29 is 9.53 Å². The second kappa shape index (κ2) is 6.88. The Kier molecular flexibility index (Phi) is 4.65. The number of rotatable bonds is 5.